The van der Waals surface area contributed by atoms with Gasteiger partial charge in [-0.3, -0.25) is 13.7 Å². The highest BCUT2D eigenvalue weighted by Gasteiger charge is 2.39. The first-order valence-electron chi connectivity index (χ1n) is 8.79. The fraction of sp³-hybridized carbons (Fsp3) is 0.278. The van der Waals surface area contributed by atoms with Gasteiger partial charge in [0.15, 0.2) is 0 Å². The number of fused-ring (bicyclic) bond motifs is 1. The van der Waals surface area contributed by atoms with Crippen LogP contribution in [0.5, 0.6) is 0 Å². The van der Waals surface area contributed by atoms with E-state index in [1.165, 1.54) is 25.1 Å². The lowest BCUT2D eigenvalue weighted by Gasteiger charge is -2.31. The molecule has 0 saturated heterocycles. The fourth-order valence-electron chi connectivity index (χ4n) is 3.34. The number of amides is 1. The zero-order valence-corrected chi connectivity index (χ0v) is 19.2. The maximum Gasteiger partial charge on any atom is 0.348 e. The summed E-state index contributed by atoms with van der Waals surface area (Å²) in [5.74, 6) is -1.84. The van der Waals surface area contributed by atoms with Gasteiger partial charge in [0.05, 0.1) is 10.6 Å². The lowest BCUT2D eigenvalue weighted by molar-refractivity contribution is -0.116. The van der Waals surface area contributed by atoms with Crippen LogP contribution in [0.25, 0.3) is 0 Å². The summed E-state index contributed by atoms with van der Waals surface area (Å²) in [7, 11) is -9.29. The number of carbonyl (C=O) groups excluding carboxylic acids is 1. The zero-order valence-electron chi connectivity index (χ0n) is 16.0. The minimum absolute atomic E-state index is 0.0612. The van der Waals surface area contributed by atoms with Crippen LogP contribution in [0.15, 0.2) is 41.3 Å². The summed E-state index contributed by atoms with van der Waals surface area (Å²) in [4.78, 5) is 32.5. The molecule has 1 aliphatic rings. The molecule has 1 amide bonds. The molecule has 2 aromatic rings. The minimum atomic E-state index is -4.85. The number of anilines is 2. The van der Waals surface area contributed by atoms with Gasteiger partial charge in [-0.2, -0.15) is 0 Å². The Bertz CT molecular complexity index is 1150. The summed E-state index contributed by atoms with van der Waals surface area (Å²) in [6.07, 6.45) is 0.490. The maximum absolute atomic E-state index is 13.4. The van der Waals surface area contributed by atoms with Gasteiger partial charge < -0.3 is 14.7 Å². The first-order chi connectivity index (χ1) is 13.8. The normalized spacial score (nSPS) is 15.1. The van der Waals surface area contributed by atoms with Crippen LogP contribution < -0.4 is 9.21 Å². The Kier molecular flexibility index (Phi) is 6.26. The molecule has 1 heterocycles. The van der Waals surface area contributed by atoms with E-state index in [9.17, 15) is 27.6 Å². The van der Waals surface area contributed by atoms with E-state index in [1.807, 2.05) is 0 Å². The molecular formula is C18H19Cl2N2O6PS. The number of halogens is 2. The predicted molar refractivity (Wildman–Crippen MR) is 116 cm³/mol. The van der Waals surface area contributed by atoms with Crippen LogP contribution in [0.3, 0.4) is 0 Å². The summed E-state index contributed by atoms with van der Waals surface area (Å²) < 4.78 is 39.5. The molecule has 3 rings (SSSR count). The van der Waals surface area contributed by atoms with Crippen LogP contribution in [-0.4, -0.2) is 36.4 Å². The molecule has 1 atom stereocenters. The van der Waals surface area contributed by atoms with E-state index >= 15 is 0 Å². The van der Waals surface area contributed by atoms with E-state index in [4.69, 9.17) is 23.2 Å². The molecule has 30 heavy (non-hydrogen) atoms. The smallest absolute Gasteiger partial charge is 0.323 e. The Morgan fingerprint density at radius 1 is 1.17 bits per heavy atom. The van der Waals surface area contributed by atoms with Crippen LogP contribution in [0.2, 0.25) is 10.0 Å². The van der Waals surface area contributed by atoms with Gasteiger partial charge in [-0.25, -0.2) is 8.42 Å². The van der Waals surface area contributed by atoms with Gasteiger partial charge in [-0.05, 0) is 55.3 Å². The van der Waals surface area contributed by atoms with E-state index in [0.717, 1.165) is 19.1 Å². The lowest BCUT2D eigenvalue weighted by atomic mass is 10.1. The standard InChI is InChI=1S/C18H19Cl2N2O6PS/c1-11(23)21-6-5-13-7-16(3-4-18(13)21)22(12(2)29(24,25)26)30(27,28)17-9-14(19)8-15(20)10-17/h3-4,7-10,12H,5-6H2,1-2H3,(H2,24,25,26). The molecule has 162 valence electrons. The number of rotatable bonds is 5. The molecule has 0 saturated carbocycles. The van der Waals surface area contributed by atoms with Crippen molar-refractivity contribution in [2.75, 3.05) is 15.7 Å². The second-order valence-corrected chi connectivity index (χ2v) is 11.5. The van der Waals surface area contributed by atoms with E-state index in [0.29, 0.717) is 28.5 Å². The third kappa shape index (κ3) is 4.37. The Hall–Kier alpha value is -1.61. The molecule has 0 bridgehead atoms. The van der Waals surface area contributed by atoms with Gasteiger partial charge in [-0.15, -0.1) is 0 Å². The number of hydrogen-bond acceptors (Lipinski definition) is 4. The first-order valence-corrected chi connectivity index (χ1v) is 12.7. The van der Waals surface area contributed by atoms with Crippen molar-refractivity contribution in [3.8, 4) is 0 Å². The fourth-order valence-corrected chi connectivity index (χ4v) is 6.71. The number of carbonyl (C=O) groups is 1. The molecule has 1 aliphatic heterocycles. The molecule has 12 heteroatoms. The van der Waals surface area contributed by atoms with Gasteiger partial charge in [0.25, 0.3) is 10.0 Å². The Morgan fingerprint density at radius 2 is 1.77 bits per heavy atom. The second kappa shape index (κ2) is 8.15. The topological polar surface area (TPSA) is 115 Å². The largest absolute Gasteiger partial charge is 0.348 e. The molecule has 0 spiro atoms. The zero-order chi connectivity index (χ0) is 22.4. The van der Waals surface area contributed by atoms with Crippen molar-refractivity contribution >= 4 is 58.1 Å². The van der Waals surface area contributed by atoms with Crippen molar-refractivity contribution in [1.29, 1.82) is 0 Å². The summed E-state index contributed by atoms with van der Waals surface area (Å²) in [6.45, 7) is 3.00. The first kappa shape index (κ1) is 23.1. The summed E-state index contributed by atoms with van der Waals surface area (Å²) in [5.41, 5.74) is 1.40. The van der Waals surface area contributed by atoms with Crippen molar-refractivity contribution in [3.05, 3.63) is 52.0 Å². The highest BCUT2D eigenvalue weighted by atomic mass is 35.5. The molecule has 0 radical (unpaired) electrons. The van der Waals surface area contributed by atoms with Crippen molar-refractivity contribution < 1.29 is 27.6 Å². The summed E-state index contributed by atoms with van der Waals surface area (Å²) in [6, 6.07) is 8.17. The number of benzene rings is 2. The van der Waals surface area contributed by atoms with E-state index < -0.39 is 23.4 Å². The average molecular weight is 493 g/mol. The predicted octanol–water partition coefficient (Wildman–Crippen LogP) is 3.62. The maximum atomic E-state index is 13.4. The number of hydrogen-bond donors (Lipinski definition) is 2. The molecule has 0 fully saturated rings. The second-order valence-electron chi connectivity index (χ2n) is 6.86. The van der Waals surface area contributed by atoms with Gasteiger partial charge in [-0.1, -0.05) is 23.2 Å². The quantitative estimate of drug-likeness (QED) is 0.615. The van der Waals surface area contributed by atoms with E-state index in [1.54, 1.807) is 11.0 Å². The molecular weight excluding hydrogens is 474 g/mol. The molecule has 2 N–H and O–H groups in total. The average Bonchev–Trinajstić information content (AvgIpc) is 3.03. The van der Waals surface area contributed by atoms with Crippen LogP contribution in [-0.2, 0) is 25.8 Å². The summed E-state index contributed by atoms with van der Waals surface area (Å²) in [5, 5.41) is 0.131. The highest BCUT2D eigenvalue weighted by Crippen LogP contribution is 2.47. The van der Waals surface area contributed by atoms with Gasteiger partial charge in [0, 0.05) is 29.2 Å². The number of nitrogens with zero attached hydrogens (tertiary/aromatic N) is 2. The van der Waals surface area contributed by atoms with Crippen LogP contribution in [0.1, 0.15) is 19.4 Å². The monoisotopic (exact) mass is 492 g/mol. The Balaban J connectivity index is 2.18. The molecule has 8 nitrogen and oxygen atoms in total. The Morgan fingerprint density at radius 3 is 2.30 bits per heavy atom. The van der Waals surface area contributed by atoms with Crippen LogP contribution in [0, 0.1) is 0 Å². The van der Waals surface area contributed by atoms with E-state index in [2.05, 4.69) is 0 Å². The molecule has 2 aromatic carbocycles. The van der Waals surface area contributed by atoms with E-state index in [-0.39, 0.29) is 26.5 Å². The Labute approximate surface area is 184 Å². The van der Waals surface area contributed by atoms with Crippen LogP contribution in [0.4, 0.5) is 11.4 Å². The number of sulfonamides is 1. The lowest BCUT2D eigenvalue weighted by Crippen LogP contribution is -2.38. The molecule has 1 unspecified atom stereocenters. The van der Waals surface area contributed by atoms with Crippen molar-refractivity contribution in [2.24, 2.45) is 0 Å². The summed E-state index contributed by atoms with van der Waals surface area (Å²) >= 11 is 11.9. The van der Waals surface area contributed by atoms with Gasteiger partial charge >= 0.3 is 7.60 Å². The van der Waals surface area contributed by atoms with Crippen molar-refractivity contribution in [3.63, 3.8) is 0 Å². The van der Waals surface area contributed by atoms with Crippen LogP contribution >= 0.6 is 30.8 Å². The molecule has 0 aromatic heterocycles. The third-order valence-corrected chi connectivity index (χ3v) is 8.49. The SMILES string of the molecule is CC(=O)N1CCc2cc(N(C(C)P(=O)(O)O)S(=O)(=O)c3cc(Cl)cc(Cl)c3)ccc21. The van der Waals surface area contributed by atoms with Gasteiger partial charge in [0.1, 0.15) is 5.78 Å². The van der Waals surface area contributed by atoms with Crippen molar-refractivity contribution in [2.45, 2.75) is 30.9 Å². The highest BCUT2D eigenvalue weighted by molar-refractivity contribution is 7.93. The van der Waals surface area contributed by atoms with Crippen molar-refractivity contribution in [1.82, 2.24) is 0 Å². The minimum Gasteiger partial charge on any atom is -0.323 e. The van der Waals surface area contributed by atoms with Gasteiger partial charge in [0.2, 0.25) is 5.91 Å². The third-order valence-electron chi connectivity index (χ3n) is 4.81. The molecule has 0 aliphatic carbocycles.